The van der Waals surface area contributed by atoms with Crippen LogP contribution in [0.5, 0.6) is 0 Å². The average Bonchev–Trinajstić information content (AvgIpc) is 2.28. The van der Waals surface area contributed by atoms with Crippen LogP contribution in [-0.4, -0.2) is 34.7 Å². The van der Waals surface area contributed by atoms with Crippen LogP contribution in [0.2, 0.25) is 0 Å². The molecule has 7 heteroatoms. The lowest BCUT2D eigenvalue weighted by atomic mass is 10.4. The SMILES string of the molecule is COC(CCO)OC(C)n1ccc(=O)[nH]c1=O. The van der Waals surface area contributed by atoms with Gasteiger partial charge in [-0.05, 0) is 6.92 Å². The van der Waals surface area contributed by atoms with Gasteiger partial charge in [-0.15, -0.1) is 0 Å². The Kier molecular flexibility index (Phi) is 5.08. The molecule has 2 unspecified atom stereocenters. The summed E-state index contributed by atoms with van der Waals surface area (Å²) in [6.45, 7) is 1.56. The number of nitrogens with zero attached hydrogens (tertiary/aromatic N) is 1. The molecule has 0 bridgehead atoms. The van der Waals surface area contributed by atoms with Gasteiger partial charge < -0.3 is 14.6 Å². The summed E-state index contributed by atoms with van der Waals surface area (Å²) < 4.78 is 11.6. The molecule has 0 aliphatic rings. The summed E-state index contributed by atoms with van der Waals surface area (Å²) in [7, 11) is 1.45. The number of aromatic nitrogens is 2. The van der Waals surface area contributed by atoms with E-state index >= 15 is 0 Å². The van der Waals surface area contributed by atoms with E-state index in [-0.39, 0.29) is 6.61 Å². The maximum Gasteiger partial charge on any atom is 0.330 e. The molecule has 1 aromatic heterocycles. The van der Waals surface area contributed by atoms with Gasteiger partial charge in [-0.3, -0.25) is 14.3 Å². The van der Waals surface area contributed by atoms with Crippen molar-refractivity contribution in [2.45, 2.75) is 25.9 Å². The summed E-state index contributed by atoms with van der Waals surface area (Å²) in [5, 5.41) is 8.77. The van der Waals surface area contributed by atoms with Crippen molar-refractivity contribution < 1.29 is 14.6 Å². The molecular formula is C10H16N2O5. The van der Waals surface area contributed by atoms with Crippen molar-refractivity contribution >= 4 is 0 Å². The first kappa shape index (κ1) is 13.6. The quantitative estimate of drug-likeness (QED) is 0.653. The highest BCUT2D eigenvalue weighted by molar-refractivity contribution is 4.83. The molecule has 0 radical (unpaired) electrons. The van der Waals surface area contributed by atoms with E-state index in [1.165, 1.54) is 23.9 Å². The predicted molar refractivity (Wildman–Crippen MR) is 59.6 cm³/mol. The van der Waals surface area contributed by atoms with Crippen molar-refractivity contribution in [1.82, 2.24) is 9.55 Å². The van der Waals surface area contributed by atoms with Gasteiger partial charge in [0.2, 0.25) is 0 Å². The van der Waals surface area contributed by atoms with Crippen LogP contribution in [0.1, 0.15) is 19.6 Å². The molecule has 2 atom stereocenters. The maximum absolute atomic E-state index is 11.4. The third kappa shape index (κ3) is 3.81. The minimum Gasteiger partial charge on any atom is -0.396 e. The molecule has 2 N–H and O–H groups in total. The fourth-order valence-electron chi connectivity index (χ4n) is 1.35. The fourth-order valence-corrected chi connectivity index (χ4v) is 1.35. The first-order valence-corrected chi connectivity index (χ1v) is 5.19. The molecule has 0 fully saturated rings. The highest BCUT2D eigenvalue weighted by Gasteiger charge is 2.14. The lowest BCUT2D eigenvalue weighted by molar-refractivity contribution is -0.179. The minimum absolute atomic E-state index is 0.0776. The van der Waals surface area contributed by atoms with Crippen LogP contribution in [0.15, 0.2) is 21.9 Å². The molecule has 0 spiro atoms. The Balaban J connectivity index is 2.78. The average molecular weight is 244 g/mol. The van der Waals surface area contributed by atoms with Crippen molar-refractivity contribution in [2.24, 2.45) is 0 Å². The van der Waals surface area contributed by atoms with Crippen LogP contribution in [0.4, 0.5) is 0 Å². The van der Waals surface area contributed by atoms with Gasteiger partial charge in [0.1, 0.15) is 6.23 Å². The summed E-state index contributed by atoms with van der Waals surface area (Å²) in [5.41, 5.74) is -1.01. The van der Waals surface area contributed by atoms with Crippen LogP contribution >= 0.6 is 0 Å². The van der Waals surface area contributed by atoms with Gasteiger partial charge in [0.05, 0.1) is 0 Å². The number of hydrogen-bond donors (Lipinski definition) is 2. The molecule has 7 nitrogen and oxygen atoms in total. The lowest BCUT2D eigenvalue weighted by Gasteiger charge is -2.21. The first-order valence-electron chi connectivity index (χ1n) is 5.19. The van der Waals surface area contributed by atoms with Gasteiger partial charge in [-0.25, -0.2) is 4.79 Å². The topological polar surface area (TPSA) is 93.5 Å². The smallest absolute Gasteiger partial charge is 0.330 e. The van der Waals surface area contributed by atoms with Crippen LogP contribution in [-0.2, 0) is 9.47 Å². The normalized spacial score (nSPS) is 14.5. The molecule has 17 heavy (non-hydrogen) atoms. The van der Waals surface area contributed by atoms with E-state index in [4.69, 9.17) is 14.6 Å². The molecule has 0 amide bonds. The van der Waals surface area contributed by atoms with E-state index < -0.39 is 23.8 Å². The molecule has 0 aliphatic heterocycles. The second kappa shape index (κ2) is 6.33. The second-order valence-corrected chi connectivity index (χ2v) is 3.43. The molecule has 96 valence electrons. The van der Waals surface area contributed by atoms with Crippen molar-refractivity contribution in [3.05, 3.63) is 33.1 Å². The number of ether oxygens (including phenoxy) is 2. The van der Waals surface area contributed by atoms with E-state index in [2.05, 4.69) is 4.98 Å². The van der Waals surface area contributed by atoms with E-state index in [0.717, 1.165) is 0 Å². The van der Waals surface area contributed by atoms with Crippen molar-refractivity contribution in [3.8, 4) is 0 Å². The van der Waals surface area contributed by atoms with E-state index in [9.17, 15) is 9.59 Å². The van der Waals surface area contributed by atoms with Gasteiger partial charge >= 0.3 is 5.69 Å². The lowest BCUT2D eigenvalue weighted by Crippen LogP contribution is -2.33. The third-order valence-electron chi connectivity index (χ3n) is 2.22. The molecular weight excluding hydrogens is 228 g/mol. The predicted octanol–water partition coefficient (Wildman–Crippen LogP) is -0.573. The van der Waals surface area contributed by atoms with Crippen molar-refractivity contribution in [1.29, 1.82) is 0 Å². The Morgan fingerprint density at radius 1 is 1.53 bits per heavy atom. The number of rotatable bonds is 6. The van der Waals surface area contributed by atoms with Crippen LogP contribution in [0.3, 0.4) is 0 Å². The Bertz CT molecular complexity index is 452. The fraction of sp³-hybridized carbons (Fsp3) is 0.600. The number of aromatic amines is 1. The summed E-state index contributed by atoms with van der Waals surface area (Å²) in [5.74, 6) is 0. The zero-order valence-electron chi connectivity index (χ0n) is 9.75. The number of aliphatic hydroxyl groups is 1. The standard InChI is InChI=1S/C10H16N2O5/c1-7(17-9(16-2)4-6-13)12-5-3-8(14)11-10(12)15/h3,5,7,9,13H,4,6H2,1-2H3,(H,11,14,15). The van der Waals surface area contributed by atoms with E-state index in [1.54, 1.807) is 6.92 Å². The van der Waals surface area contributed by atoms with Crippen LogP contribution in [0.25, 0.3) is 0 Å². The zero-order valence-corrected chi connectivity index (χ0v) is 9.75. The van der Waals surface area contributed by atoms with E-state index in [1.807, 2.05) is 0 Å². The van der Waals surface area contributed by atoms with Gasteiger partial charge in [-0.1, -0.05) is 0 Å². The summed E-state index contributed by atoms with van der Waals surface area (Å²) in [4.78, 5) is 24.4. The largest absolute Gasteiger partial charge is 0.396 e. The molecule has 0 aliphatic carbocycles. The highest BCUT2D eigenvalue weighted by Crippen LogP contribution is 2.10. The minimum atomic E-state index is -0.603. The highest BCUT2D eigenvalue weighted by atomic mass is 16.7. The van der Waals surface area contributed by atoms with Crippen molar-refractivity contribution in [3.63, 3.8) is 0 Å². The molecule has 0 saturated carbocycles. The van der Waals surface area contributed by atoms with Gasteiger partial charge in [0, 0.05) is 32.4 Å². The second-order valence-electron chi connectivity index (χ2n) is 3.43. The molecule has 0 saturated heterocycles. The Labute approximate surface area is 97.6 Å². The maximum atomic E-state index is 11.4. The number of aliphatic hydroxyl groups excluding tert-OH is 1. The van der Waals surface area contributed by atoms with Crippen molar-refractivity contribution in [2.75, 3.05) is 13.7 Å². The Morgan fingerprint density at radius 3 is 2.76 bits per heavy atom. The van der Waals surface area contributed by atoms with Crippen LogP contribution < -0.4 is 11.2 Å². The zero-order chi connectivity index (χ0) is 12.8. The first-order chi connectivity index (χ1) is 8.08. The number of nitrogens with one attached hydrogen (secondary N) is 1. The van der Waals surface area contributed by atoms with Gasteiger partial charge in [0.25, 0.3) is 5.56 Å². The monoisotopic (exact) mass is 244 g/mol. The Hall–Kier alpha value is -1.44. The molecule has 1 rings (SSSR count). The van der Waals surface area contributed by atoms with Gasteiger partial charge in [0.15, 0.2) is 6.29 Å². The van der Waals surface area contributed by atoms with E-state index in [0.29, 0.717) is 6.42 Å². The molecule has 1 aromatic rings. The summed E-state index contributed by atoms with van der Waals surface area (Å²) in [6, 6.07) is 1.23. The number of H-pyrrole nitrogens is 1. The summed E-state index contributed by atoms with van der Waals surface area (Å²) >= 11 is 0. The number of methoxy groups -OCH3 is 1. The molecule has 1 heterocycles. The van der Waals surface area contributed by atoms with Crippen LogP contribution in [0, 0.1) is 0 Å². The number of hydrogen-bond acceptors (Lipinski definition) is 5. The summed E-state index contributed by atoms with van der Waals surface area (Å²) in [6.07, 6.45) is 0.445. The Morgan fingerprint density at radius 2 is 2.24 bits per heavy atom. The third-order valence-corrected chi connectivity index (χ3v) is 2.22. The van der Waals surface area contributed by atoms with Gasteiger partial charge in [-0.2, -0.15) is 0 Å². The molecule has 0 aromatic carbocycles.